The standard InChI is InChI=1S/C58H42N4/c59-37-39-17-30-51-53(34-39)58(31-5-2-6-32-58)52-16-8-15-50(56(51)52)44-26-22-41(23-27-44)40-18-20-42(21-19-40)47-12-7-13-48(35-47)55-36-54(61-57(62-55)46-10-3-1-4-11-46)45-28-24-43(25-29-45)49-14-9-33-60-38-49/h1,3-4,7-30,33-36,38H,2,5-6,31-32H2. The van der Waals surface area contributed by atoms with Crippen LogP contribution in [0.1, 0.15) is 48.8 Å². The Labute approximate surface area is 362 Å². The van der Waals surface area contributed by atoms with E-state index in [1.54, 1.807) is 6.20 Å². The lowest BCUT2D eigenvalue weighted by Crippen LogP contribution is -2.28. The first-order valence-electron chi connectivity index (χ1n) is 21.6. The minimum absolute atomic E-state index is 0.00410. The van der Waals surface area contributed by atoms with Crippen LogP contribution in [0.5, 0.6) is 0 Å². The second-order valence-corrected chi connectivity index (χ2v) is 16.6. The Morgan fingerprint density at radius 3 is 1.71 bits per heavy atom. The van der Waals surface area contributed by atoms with E-state index < -0.39 is 0 Å². The fraction of sp³-hybridized carbons (Fsp3) is 0.103. The Hall–Kier alpha value is -7.74. The number of aromatic nitrogens is 3. The molecule has 1 saturated carbocycles. The van der Waals surface area contributed by atoms with Crippen LogP contribution < -0.4 is 0 Å². The quantitative estimate of drug-likeness (QED) is 0.161. The number of nitriles is 1. The Balaban J connectivity index is 0.883. The number of hydrogen-bond donors (Lipinski definition) is 0. The average Bonchev–Trinajstić information content (AvgIpc) is 3.62. The maximum Gasteiger partial charge on any atom is 0.160 e. The fourth-order valence-corrected chi connectivity index (χ4v) is 9.93. The average molecular weight is 795 g/mol. The lowest BCUT2D eigenvalue weighted by Gasteiger charge is -2.36. The van der Waals surface area contributed by atoms with Gasteiger partial charge in [-0.2, -0.15) is 5.26 Å². The molecule has 4 nitrogen and oxygen atoms in total. The van der Waals surface area contributed by atoms with E-state index in [0.29, 0.717) is 5.82 Å². The number of nitrogens with zero attached hydrogens (tertiary/aromatic N) is 4. The van der Waals surface area contributed by atoms with Crippen LogP contribution in [-0.2, 0) is 5.41 Å². The molecule has 1 spiro atoms. The maximum atomic E-state index is 9.81. The van der Waals surface area contributed by atoms with Crippen LogP contribution in [-0.4, -0.2) is 15.0 Å². The van der Waals surface area contributed by atoms with Crippen molar-refractivity contribution >= 4 is 0 Å². The van der Waals surface area contributed by atoms with Crippen LogP contribution in [0, 0.1) is 11.3 Å². The maximum absolute atomic E-state index is 9.81. The third kappa shape index (κ3) is 6.69. The molecule has 1 fully saturated rings. The van der Waals surface area contributed by atoms with Gasteiger partial charge in [-0.05, 0) is 110 Å². The van der Waals surface area contributed by atoms with Crippen molar-refractivity contribution in [3.05, 3.63) is 211 Å². The van der Waals surface area contributed by atoms with Crippen molar-refractivity contribution in [3.8, 4) is 95.6 Å². The summed E-state index contributed by atoms with van der Waals surface area (Å²) in [7, 11) is 0. The summed E-state index contributed by atoms with van der Waals surface area (Å²) in [6.45, 7) is 0. The molecule has 0 bridgehead atoms. The van der Waals surface area contributed by atoms with Gasteiger partial charge in [0.2, 0.25) is 0 Å². The molecule has 0 radical (unpaired) electrons. The third-order valence-corrected chi connectivity index (χ3v) is 13.1. The highest BCUT2D eigenvalue weighted by Gasteiger charge is 2.44. The van der Waals surface area contributed by atoms with Gasteiger partial charge in [0.1, 0.15) is 0 Å². The second-order valence-electron chi connectivity index (χ2n) is 16.6. The highest BCUT2D eigenvalue weighted by molar-refractivity contribution is 5.93. The summed E-state index contributed by atoms with van der Waals surface area (Å²) in [5, 5.41) is 9.81. The molecule has 7 aromatic carbocycles. The van der Waals surface area contributed by atoms with Crippen molar-refractivity contribution in [1.82, 2.24) is 15.0 Å². The molecule has 0 saturated heterocycles. The highest BCUT2D eigenvalue weighted by Crippen LogP contribution is 2.58. The molecule has 2 aliphatic rings. The molecule has 4 heteroatoms. The zero-order chi connectivity index (χ0) is 41.5. The Morgan fingerprint density at radius 2 is 1.02 bits per heavy atom. The van der Waals surface area contributed by atoms with E-state index >= 15 is 0 Å². The van der Waals surface area contributed by atoms with Gasteiger partial charge in [0, 0.05) is 34.5 Å². The van der Waals surface area contributed by atoms with E-state index in [1.807, 2.05) is 36.5 Å². The number of benzene rings is 7. The van der Waals surface area contributed by atoms with Crippen molar-refractivity contribution in [1.29, 1.82) is 5.26 Å². The fourth-order valence-electron chi connectivity index (χ4n) is 9.93. The number of fused-ring (bicyclic) bond motifs is 5. The van der Waals surface area contributed by atoms with Crippen LogP contribution in [0.2, 0.25) is 0 Å². The van der Waals surface area contributed by atoms with E-state index in [1.165, 1.54) is 63.8 Å². The van der Waals surface area contributed by atoms with Crippen LogP contribution in [0.15, 0.2) is 194 Å². The van der Waals surface area contributed by atoms with Gasteiger partial charge in [0.15, 0.2) is 5.82 Å². The van der Waals surface area contributed by atoms with Gasteiger partial charge in [-0.3, -0.25) is 4.98 Å². The highest BCUT2D eigenvalue weighted by atomic mass is 14.9. The lowest BCUT2D eigenvalue weighted by molar-refractivity contribution is 0.353. The predicted molar refractivity (Wildman–Crippen MR) is 252 cm³/mol. The van der Waals surface area contributed by atoms with Crippen molar-refractivity contribution in [3.63, 3.8) is 0 Å². The van der Waals surface area contributed by atoms with E-state index in [-0.39, 0.29) is 5.41 Å². The largest absolute Gasteiger partial charge is 0.264 e. The summed E-state index contributed by atoms with van der Waals surface area (Å²) in [6.07, 6.45) is 9.70. The molecule has 294 valence electrons. The van der Waals surface area contributed by atoms with Crippen LogP contribution in [0.3, 0.4) is 0 Å². The molecule has 0 amide bonds. The van der Waals surface area contributed by atoms with Gasteiger partial charge in [0.05, 0.1) is 23.0 Å². The molecular formula is C58H42N4. The summed E-state index contributed by atoms with van der Waals surface area (Å²) >= 11 is 0. The lowest BCUT2D eigenvalue weighted by atomic mass is 9.67. The minimum Gasteiger partial charge on any atom is -0.264 e. The van der Waals surface area contributed by atoms with Gasteiger partial charge >= 0.3 is 0 Å². The van der Waals surface area contributed by atoms with Crippen molar-refractivity contribution in [2.75, 3.05) is 0 Å². The smallest absolute Gasteiger partial charge is 0.160 e. The number of pyridine rings is 1. The van der Waals surface area contributed by atoms with Crippen molar-refractivity contribution in [2.24, 2.45) is 0 Å². The van der Waals surface area contributed by atoms with Gasteiger partial charge < -0.3 is 0 Å². The molecular weight excluding hydrogens is 753 g/mol. The number of rotatable bonds is 7. The molecule has 0 unspecified atom stereocenters. The summed E-state index contributed by atoms with van der Waals surface area (Å²) in [5.74, 6) is 0.694. The van der Waals surface area contributed by atoms with Crippen molar-refractivity contribution in [2.45, 2.75) is 37.5 Å². The molecule has 62 heavy (non-hydrogen) atoms. The first kappa shape index (κ1) is 37.3. The van der Waals surface area contributed by atoms with E-state index in [2.05, 4.69) is 163 Å². The zero-order valence-electron chi connectivity index (χ0n) is 34.3. The molecule has 11 rings (SSSR count). The summed E-state index contributed by atoms with van der Waals surface area (Å²) in [6, 6.07) is 67.0. The Kier molecular flexibility index (Phi) is 9.44. The van der Waals surface area contributed by atoms with Gasteiger partial charge in [-0.15, -0.1) is 0 Å². The van der Waals surface area contributed by atoms with Gasteiger partial charge in [-0.25, -0.2) is 9.97 Å². The molecule has 0 atom stereocenters. The normalized spacial score (nSPS) is 13.6. The van der Waals surface area contributed by atoms with E-state index in [0.717, 1.165) is 68.7 Å². The molecule has 2 heterocycles. The Bertz CT molecular complexity index is 3120. The minimum atomic E-state index is 0.00410. The van der Waals surface area contributed by atoms with E-state index in [4.69, 9.17) is 9.97 Å². The topological polar surface area (TPSA) is 62.5 Å². The summed E-state index contributed by atoms with van der Waals surface area (Å²) in [4.78, 5) is 14.5. The predicted octanol–water partition coefficient (Wildman–Crippen LogP) is 14.6. The van der Waals surface area contributed by atoms with Gasteiger partial charge in [-0.1, -0.05) is 171 Å². The first-order chi connectivity index (χ1) is 30.6. The molecule has 2 aliphatic carbocycles. The Morgan fingerprint density at radius 1 is 0.419 bits per heavy atom. The summed E-state index contributed by atoms with van der Waals surface area (Å²) < 4.78 is 0. The first-order valence-corrected chi connectivity index (χ1v) is 21.6. The van der Waals surface area contributed by atoms with Gasteiger partial charge in [0.25, 0.3) is 0 Å². The van der Waals surface area contributed by atoms with Crippen LogP contribution in [0.25, 0.3) is 89.5 Å². The van der Waals surface area contributed by atoms with Crippen LogP contribution in [0.4, 0.5) is 0 Å². The monoisotopic (exact) mass is 794 g/mol. The summed E-state index contributed by atoms with van der Waals surface area (Å²) in [5.41, 5.74) is 20.3. The SMILES string of the molecule is N#Cc1ccc2c(c1)C1(CCCCC1)c1cccc(-c3ccc(-c4ccc(-c5cccc(-c6cc(-c7ccc(-c8cccnc8)cc7)nc(-c7ccccc7)n6)c5)cc4)cc3)c1-2. The molecule has 0 aliphatic heterocycles. The molecule has 2 aromatic heterocycles. The van der Waals surface area contributed by atoms with Crippen LogP contribution >= 0.6 is 0 Å². The third-order valence-electron chi connectivity index (χ3n) is 13.1. The molecule has 9 aromatic rings. The molecule has 0 N–H and O–H groups in total. The number of hydrogen-bond acceptors (Lipinski definition) is 4. The van der Waals surface area contributed by atoms with E-state index in [9.17, 15) is 5.26 Å². The second kappa shape index (κ2) is 15.7. The zero-order valence-corrected chi connectivity index (χ0v) is 34.3. The van der Waals surface area contributed by atoms with Crippen molar-refractivity contribution < 1.29 is 0 Å².